The smallest absolute Gasteiger partial charge is 0.320 e. The molecule has 146 valence electrons. The molecular weight excluding hydrogens is 352 g/mol. The number of aryl methyl sites for hydroxylation is 1. The first-order chi connectivity index (χ1) is 12.0. The molecule has 0 aliphatic carbocycles. The van der Waals surface area contributed by atoms with E-state index < -0.39 is 6.03 Å². The summed E-state index contributed by atoms with van der Waals surface area (Å²) in [7, 11) is 1.97. The van der Waals surface area contributed by atoms with Gasteiger partial charge >= 0.3 is 6.03 Å². The molecule has 2 rings (SSSR count). The third-order valence-corrected chi connectivity index (χ3v) is 4.98. The molecule has 3 N–H and O–H groups in total. The van der Waals surface area contributed by atoms with Crippen LogP contribution in [0.1, 0.15) is 30.4 Å². The maximum Gasteiger partial charge on any atom is 0.325 e. The van der Waals surface area contributed by atoms with Gasteiger partial charge in [-0.25, -0.2) is 4.79 Å². The highest BCUT2D eigenvalue weighted by atomic mass is 35.5. The minimum atomic E-state index is -0.470. The number of carbonyl (C=O) groups is 2. The van der Waals surface area contributed by atoms with Crippen molar-refractivity contribution < 1.29 is 9.59 Å². The predicted octanol–water partition coefficient (Wildman–Crippen LogP) is 2.69. The molecule has 0 atom stereocenters. The van der Waals surface area contributed by atoms with E-state index in [0.29, 0.717) is 0 Å². The topological polar surface area (TPSA) is 73.5 Å². The zero-order valence-corrected chi connectivity index (χ0v) is 16.7. The quantitative estimate of drug-likeness (QED) is 0.707. The number of hydrogen-bond acceptors (Lipinski definition) is 4. The van der Waals surface area contributed by atoms with E-state index in [-0.39, 0.29) is 24.9 Å². The highest BCUT2D eigenvalue weighted by Crippen LogP contribution is 2.20. The highest BCUT2D eigenvalue weighted by Gasteiger charge is 2.21. The number of likely N-dealkylation sites (tertiary alicyclic amines) is 1. The van der Waals surface area contributed by atoms with Crippen molar-refractivity contribution in [2.75, 3.05) is 38.5 Å². The average molecular weight is 383 g/mol. The molecule has 1 heterocycles. The molecule has 0 aromatic heterocycles. The summed E-state index contributed by atoms with van der Waals surface area (Å²) in [5.41, 5.74) is 2.84. The van der Waals surface area contributed by atoms with Crippen LogP contribution in [0.15, 0.2) is 18.2 Å². The SMILES string of the molecule is CNCCC1CCN(CC(=O)NC(=O)Nc2cccc(C)c2C)CC1.Cl. The molecular formula is C19H31ClN4O2. The van der Waals surface area contributed by atoms with Gasteiger partial charge in [-0.2, -0.15) is 0 Å². The Bertz CT molecular complexity index is 601. The van der Waals surface area contributed by atoms with Crippen LogP contribution in [0, 0.1) is 19.8 Å². The minimum absolute atomic E-state index is 0. The number of rotatable bonds is 6. The molecule has 1 aromatic carbocycles. The molecule has 1 saturated heterocycles. The van der Waals surface area contributed by atoms with Crippen LogP contribution >= 0.6 is 12.4 Å². The summed E-state index contributed by atoms with van der Waals surface area (Å²) in [5, 5.41) is 8.37. The van der Waals surface area contributed by atoms with Gasteiger partial charge in [0.1, 0.15) is 0 Å². The largest absolute Gasteiger partial charge is 0.325 e. The number of benzene rings is 1. The monoisotopic (exact) mass is 382 g/mol. The maximum atomic E-state index is 12.1. The molecule has 3 amide bonds. The zero-order valence-electron chi connectivity index (χ0n) is 15.9. The van der Waals surface area contributed by atoms with Gasteiger partial charge < -0.3 is 10.6 Å². The van der Waals surface area contributed by atoms with Gasteiger partial charge in [-0.3, -0.25) is 15.0 Å². The Hall–Kier alpha value is -1.63. The molecule has 0 unspecified atom stereocenters. The summed E-state index contributed by atoms with van der Waals surface area (Å²) in [4.78, 5) is 26.2. The number of anilines is 1. The number of amides is 3. The Morgan fingerprint density at radius 2 is 1.88 bits per heavy atom. The van der Waals surface area contributed by atoms with Crippen molar-refractivity contribution in [3.63, 3.8) is 0 Å². The number of imide groups is 1. The molecule has 26 heavy (non-hydrogen) atoms. The van der Waals surface area contributed by atoms with Crippen LogP contribution in [0.2, 0.25) is 0 Å². The molecule has 6 nitrogen and oxygen atoms in total. The predicted molar refractivity (Wildman–Crippen MR) is 108 cm³/mol. The van der Waals surface area contributed by atoms with E-state index >= 15 is 0 Å². The van der Waals surface area contributed by atoms with Gasteiger partial charge in [0.25, 0.3) is 0 Å². The van der Waals surface area contributed by atoms with Gasteiger partial charge in [-0.05, 0) is 82.9 Å². The van der Waals surface area contributed by atoms with Crippen molar-refractivity contribution >= 4 is 30.0 Å². The number of nitrogens with one attached hydrogen (secondary N) is 3. The number of nitrogens with zero attached hydrogens (tertiary/aromatic N) is 1. The van der Waals surface area contributed by atoms with E-state index in [4.69, 9.17) is 0 Å². The Labute approximate surface area is 162 Å². The van der Waals surface area contributed by atoms with E-state index in [0.717, 1.165) is 55.2 Å². The van der Waals surface area contributed by atoms with Crippen molar-refractivity contribution in [2.45, 2.75) is 33.1 Å². The Balaban J connectivity index is 0.00000338. The highest BCUT2D eigenvalue weighted by molar-refractivity contribution is 6.02. The fourth-order valence-electron chi connectivity index (χ4n) is 3.19. The van der Waals surface area contributed by atoms with Gasteiger partial charge in [-0.15, -0.1) is 12.4 Å². The average Bonchev–Trinajstić information content (AvgIpc) is 2.58. The first-order valence-corrected chi connectivity index (χ1v) is 9.03. The van der Waals surface area contributed by atoms with E-state index in [2.05, 4.69) is 20.9 Å². The molecule has 0 spiro atoms. The standard InChI is InChI=1S/C19H30N4O2.ClH/c1-14-5-4-6-17(15(14)2)21-19(25)22-18(24)13-23-11-8-16(9-12-23)7-10-20-3;/h4-6,16,20H,7-13H2,1-3H3,(H2,21,22,24,25);1H. The Kier molecular flexibility index (Phi) is 9.62. The van der Waals surface area contributed by atoms with Crippen molar-refractivity contribution in [3.8, 4) is 0 Å². The lowest BCUT2D eigenvalue weighted by molar-refractivity contribution is -0.121. The Morgan fingerprint density at radius 1 is 1.19 bits per heavy atom. The summed E-state index contributed by atoms with van der Waals surface area (Å²) in [6.45, 7) is 7.10. The van der Waals surface area contributed by atoms with Crippen LogP contribution in [0.5, 0.6) is 0 Å². The van der Waals surface area contributed by atoms with Gasteiger partial charge in [0.05, 0.1) is 6.54 Å². The summed E-state index contributed by atoms with van der Waals surface area (Å²) in [5.74, 6) is 0.482. The van der Waals surface area contributed by atoms with Gasteiger partial charge in [0.2, 0.25) is 5.91 Å². The Morgan fingerprint density at radius 3 is 2.54 bits per heavy atom. The first-order valence-electron chi connectivity index (χ1n) is 9.03. The number of piperidine rings is 1. The van der Waals surface area contributed by atoms with Crippen molar-refractivity contribution in [1.82, 2.24) is 15.5 Å². The van der Waals surface area contributed by atoms with E-state index in [1.165, 1.54) is 6.42 Å². The maximum absolute atomic E-state index is 12.1. The van der Waals surface area contributed by atoms with E-state index in [1.54, 1.807) is 0 Å². The van der Waals surface area contributed by atoms with E-state index in [9.17, 15) is 9.59 Å². The van der Waals surface area contributed by atoms with Gasteiger partial charge in [-0.1, -0.05) is 12.1 Å². The van der Waals surface area contributed by atoms with Crippen LogP contribution in [0.3, 0.4) is 0 Å². The third-order valence-electron chi connectivity index (χ3n) is 4.98. The fourth-order valence-corrected chi connectivity index (χ4v) is 3.19. The number of halogens is 1. The third kappa shape index (κ3) is 6.94. The normalized spacial score (nSPS) is 15.2. The number of carbonyl (C=O) groups excluding carboxylic acids is 2. The lowest BCUT2D eigenvalue weighted by Gasteiger charge is -2.31. The molecule has 0 saturated carbocycles. The molecule has 7 heteroatoms. The zero-order chi connectivity index (χ0) is 18.2. The van der Waals surface area contributed by atoms with Gasteiger partial charge in [0, 0.05) is 5.69 Å². The summed E-state index contributed by atoms with van der Waals surface area (Å²) >= 11 is 0. The van der Waals surface area contributed by atoms with Crippen LogP contribution < -0.4 is 16.0 Å². The fraction of sp³-hybridized carbons (Fsp3) is 0.579. The summed E-state index contributed by atoms with van der Waals surface area (Å²) in [6.07, 6.45) is 3.42. The molecule has 1 aliphatic heterocycles. The second-order valence-electron chi connectivity index (χ2n) is 6.86. The molecule has 1 aliphatic rings. The van der Waals surface area contributed by atoms with Crippen LogP contribution in [-0.4, -0.2) is 50.1 Å². The number of hydrogen-bond donors (Lipinski definition) is 3. The summed E-state index contributed by atoms with van der Waals surface area (Å²) in [6, 6.07) is 5.24. The van der Waals surface area contributed by atoms with E-state index in [1.807, 2.05) is 39.1 Å². The van der Waals surface area contributed by atoms with Crippen LogP contribution in [-0.2, 0) is 4.79 Å². The van der Waals surface area contributed by atoms with Crippen LogP contribution in [0.25, 0.3) is 0 Å². The second-order valence-corrected chi connectivity index (χ2v) is 6.86. The van der Waals surface area contributed by atoms with Crippen molar-refractivity contribution in [1.29, 1.82) is 0 Å². The summed E-state index contributed by atoms with van der Waals surface area (Å²) < 4.78 is 0. The molecule has 0 bridgehead atoms. The molecule has 1 fully saturated rings. The lowest BCUT2D eigenvalue weighted by Crippen LogP contribution is -2.44. The lowest BCUT2D eigenvalue weighted by atomic mass is 9.93. The van der Waals surface area contributed by atoms with Gasteiger partial charge in [0.15, 0.2) is 0 Å². The minimum Gasteiger partial charge on any atom is -0.320 e. The molecule has 0 radical (unpaired) electrons. The second kappa shape index (κ2) is 11.2. The molecule has 1 aromatic rings. The van der Waals surface area contributed by atoms with Crippen LogP contribution in [0.4, 0.5) is 10.5 Å². The number of urea groups is 1. The van der Waals surface area contributed by atoms with Crippen molar-refractivity contribution in [2.24, 2.45) is 5.92 Å². The van der Waals surface area contributed by atoms with Crippen molar-refractivity contribution in [3.05, 3.63) is 29.3 Å². The first kappa shape index (κ1) is 22.4.